The molecule has 0 bridgehead atoms. The fourth-order valence-electron chi connectivity index (χ4n) is 2.56. The highest BCUT2D eigenvalue weighted by atomic mass is 16.2. The van der Waals surface area contributed by atoms with E-state index in [0.717, 1.165) is 26.1 Å². The number of likely N-dealkylation sites (N-methyl/N-ethyl adjacent to an activating group) is 1. The number of carbonyl (C=O) groups is 1. The predicted molar refractivity (Wildman–Crippen MR) is 76.9 cm³/mol. The van der Waals surface area contributed by atoms with Crippen molar-refractivity contribution in [2.24, 2.45) is 5.73 Å². The molecule has 0 saturated carbocycles. The van der Waals surface area contributed by atoms with Gasteiger partial charge in [0, 0.05) is 39.1 Å². The minimum absolute atomic E-state index is 0.210. The van der Waals surface area contributed by atoms with Gasteiger partial charge in [0.15, 0.2) is 0 Å². The molecule has 4 heteroatoms. The van der Waals surface area contributed by atoms with E-state index in [1.54, 1.807) is 0 Å². The molecule has 1 unspecified atom stereocenters. The molecule has 104 valence electrons. The molecule has 2 rings (SSSR count). The molecule has 1 atom stereocenters. The molecule has 1 aliphatic rings. The standard InChI is InChI=1S/C15H23N3O/c1-17-8-5-9-18(12-15(17)19)11-14(10-16)13-6-3-2-4-7-13/h2-4,6-7,14H,5,8-12,16H2,1H3. The lowest BCUT2D eigenvalue weighted by Gasteiger charge is -2.25. The van der Waals surface area contributed by atoms with Crippen molar-refractivity contribution in [1.82, 2.24) is 9.80 Å². The summed E-state index contributed by atoms with van der Waals surface area (Å²) in [5, 5.41) is 0. The number of carbonyl (C=O) groups excluding carboxylic acids is 1. The van der Waals surface area contributed by atoms with Gasteiger partial charge in [-0.1, -0.05) is 30.3 Å². The number of rotatable bonds is 4. The lowest BCUT2D eigenvalue weighted by atomic mass is 9.98. The number of hydrogen-bond acceptors (Lipinski definition) is 3. The fraction of sp³-hybridized carbons (Fsp3) is 0.533. The number of amides is 1. The Morgan fingerprint density at radius 2 is 2.00 bits per heavy atom. The van der Waals surface area contributed by atoms with Gasteiger partial charge in [-0.05, 0) is 12.0 Å². The second kappa shape index (κ2) is 6.68. The van der Waals surface area contributed by atoms with Crippen LogP contribution in [0.2, 0.25) is 0 Å². The van der Waals surface area contributed by atoms with E-state index in [1.165, 1.54) is 5.56 Å². The molecular weight excluding hydrogens is 238 g/mol. The van der Waals surface area contributed by atoms with Crippen LogP contribution in [0.25, 0.3) is 0 Å². The van der Waals surface area contributed by atoms with E-state index in [-0.39, 0.29) is 5.91 Å². The minimum atomic E-state index is 0.210. The van der Waals surface area contributed by atoms with Crippen molar-refractivity contribution in [3.05, 3.63) is 35.9 Å². The zero-order valence-electron chi connectivity index (χ0n) is 11.6. The van der Waals surface area contributed by atoms with Crippen LogP contribution in [0.5, 0.6) is 0 Å². The number of nitrogens with two attached hydrogens (primary N) is 1. The maximum Gasteiger partial charge on any atom is 0.236 e. The van der Waals surface area contributed by atoms with Crippen LogP contribution in [0.1, 0.15) is 17.9 Å². The van der Waals surface area contributed by atoms with Gasteiger partial charge in [-0.2, -0.15) is 0 Å². The number of benzene rings is 1. The SMILES string of the molecule is CN1CCCN(CC(CN)c2ccccc2)CC1=O. The molecule has 1 fully saturated rings. The Morgan fingerprint density at radius 3 is 2.68 bits per heavy atom. The van der Waals surface area contributed by atoms with E-state index in [2.05, 4.69) is 17.0 Å². The average molecular weight is 261 g/mol. The van der Waals surface area contributed by atoms with Gasteiger partial charge in [0.1, 0.15) is 0 Å². The van der Waals surface area contributed by atoms with Gasteiger partial charge in [-0.3, -0.25) is 9.69 Å². The number of nitrogens with zero attached hydrogens (tertiary/aromatic N) is 2. The molecule has 1 amide bonds. The molecule has 19 heavy (non-hydrogen) atoms. The molecule has 4 nitrogen and oxygen atoms in total. The largest absolute Gasteiger partial charge is 0.345 e. The highest BCUT2D eigenvalue weighted by Gasteiger charge is 2.21. The van der Waals surface area contributed by atoms with Crippen molar-refractivity contribution in [1.29, 1.82) is 0 Å². The second-order valence-corrected chi connectivity index (χ2v) is 5.25. The van der Waals surface area contributed by atoms with Crippen molar-refractivity contribution in [2.45, 2.75) is 12.3 Å². The van der Waals surface area contributed by atoms with Crippen LogP contribution in [0.15, 0.2) is 30.3 Å². The lowest BCUT2D eigenvalue weighted by Crippen LogP contribution is -2.37. The monoisotopic (exact) mass is 261 g/mol. The van der Waals surface area contributed by atoms with E-state index in [0.29, 0.717) is 19.0 Å². The van der Waals surface area contributed by atoms with Crippen LogP contribution in [-0.4, -0.2) is 55.5 Å². The van der Waals surface area contributed by atoms with E-state index >= 15 is 0 Å². The molecule has 1 heterocycles. The first-order chi connectivity index (χ1) is 9.20. The highest BCUT2D eigenvalue weighted by Crippen LogP contribution is 2.16. The van der Waals surface area contributed by atoms with Gasteiger partial charge in [-0.25, -0.2) is 0 Å². The Balaban J connectivity index is 2.00. The molecule has 1 saturated heterocycles. The molecule has 0 radical (unpaired) electrons. The molecule has 1 aromatic carbocycles. The molecule has 1 aliphatic heterocycles. The van der Waals surface area contributed by atoms with Crippen molar-refractivity contribution >= 4 is 5.91 Å². The summed E-state index contributed by atoms with van der Waals surface area (Å²) in [5.74, 6) is 0.513. The van der Waals surface area contributed by atoms with Gasteiger partial charge < -0.3 is 10.6 Å². The zero-order chi connectivity index (χ0) is 13.7. The summed E-state index contributed by atoms with van der Waals surface area (Å²) in [5.41, 5.74) is 7.16. The zero-order valence-corrected chi connectivity index (χ0v) is 11.6. The maximum atomic E-state index is 11.9. The summed E-state index contributed by atoms with van der Waals surface area (Å²) in [6, 6.07) is 10.3. The van der Waals surface area contributed by atoms with Gasteiger partial charge in [-0.15, -0.1) is 0 Å². The molecule has 2 N–H and O–H groups in total. The Morgan fingerprint density at radius 1 is 1.26 bits per heavy atom. The molecule has 0 spiro atoms. The Labute approximate surface area is 115 Å². The molecule has 1 aromatic rings. The van der Waals surface area contributed by atoms with Gasteiger partial charge in [0.2, 0.25) is 5.91 Å². The maximum absolute atomic E-state index is 11.9. The summed E-state index contributed by atoms with van der Waals surface area (Å²) in [6.07, 6.45) is 1.04. The van der Waals surface area contributed by atoms with Gasteiger partial charge in [0.05, 0.1) is 6.54 Å². The third-order valence-electron chi connectivity index (χ3n) is 3.79. The first-order valence-corrected chi connectivity index (χ1v) is 6.92. The highest BCUT2D eigenvalue weighted by molar-refractivity contribution is 5.78. The van der Waals surface area contributed by atoms with Crippen molar-refractivity contribution < 1.29 is 4.79 Å². The Hall–Kier alpha value is -1.39. The lowest BCUT2D eigenvalue weighted by molar-refractivity contribution is -0.129. The average Bonchev–Trinajstić information content (AvgIpc) is 2.59. The van der Waals surface area contributed by atoms with Crippen LogP contribution in [-0.2, 0) is 4.79 Å². The first kappa shape index (κ1) is 14.0. The summed E-state index contributed by atoms with van der Waals surface area (Å²) in [6.45, 7) is 3.82. The van der Waals surface area contributed by atoms with Crippen LogP contribution in [0.4, 0.5) is 0 Å². The minimum Gasteiger partial charge on any atom is -0.345 e. The van der Waals surface area contributed by atoms with Gasteiger partial charge in [0.25, 0.3) is 0 Å². The van der Waals surface area contributed by atoms with Crippen LogP contribution in [0.3, 0.4) is 0 Å². The molecule has 0 aromatic heterocycles. The quantitative estimate of drug-likeness (QED) is 0.876. The third kappa shape index (κ3) is 3.78. The summed E-state index contributed by atoms with van der Waals surface area (Å²) in [4.78, 5) is 15.9. The van der Waals surface area contributed by atoms with Crippen molar-refractivity contribution in [3.8, 4) is 0 Å². The van der Waals surface area contributed by atoms with Crippen LogP contribution < -0.4 is 5.73 Å². The first-order valence-electron chi connectivity index (χ1n) is 6.92. The second-order valence-electron chi connectivity index (χ2n) is 5.25. The summed E-state index contributed by atoms with van der Waals surface area (Å²) >= 11 is 0. The van der Waals surface area contributed by atoms with Crippen LogP contribution in [0, 0.1) is 0 Å². The van der Waals surface area contributed by atoms with Crippen LogP contribution >= 0.6 is 0 Å². The molecular formula is C15H23N3O. The van der Waals surface area contributed by atoms with Gasteiger partial charge >= 0.3 is 0 Å². The van der Waals surface area contributed by atoms with E-state index < -0.39 is 0 Å². The fourth-order valence-corrected chi connectivity index (χ4v) is 2.56. The summed E-state index contributed by atoms with van der Waals surface area (Å²) in [7, 11) is 1.88. The van der Waals surface area contributed by atoms with Crippen molar-refractivity contribution in [2.75, 3.05) is 39.8 Å². The number of hydrogen-bond donors (Lipinski definition) is 1. The normalized spacial score (nSPS) is 19.3. The Bertz CT molecular complexity index is 407. The summed E-state index contributed by atoms with van der Waals surface area (Å²) < 4.78 is 0. The van der Waals surface area contributed by atoms with E-state index in [4.69, 9.17) is 5.73 Å². The van der Waals surface area contributed by atoms with Crippen molar-refractivity contribution in [3.63, 3.8) is 0 Å². The predicted octanol–water partition coefficient (Wildman–Crippen LogP) is 0.893. The Kier molecular flexibility index (Phi) is 4.93. The molecule has 0 aliphatic carbocycles. The van der Waals surface area contributed by atoms with E-state index in [1.807, 2.05) is 30.1 Å². The van der Waals surface area contributed by atoms with E-state index in [9.17, 15) is 4.79 Å². The third-order valence-corrected chi connectivity index (χ3v) is 3.79. The topological polar surface area (TPSA) is 49.6 Å². The smallest absolute Gasteiger partial charge is 0.236 e.